The largest absolute Gasteiger partial charge is 0.453 e. The van der Waals surface area contributed by atoms with Crippen molar-refractivity contribution in [2.45, 2.75) is 0 Å². The molecule has 0 amide bonds. The average molecular weight is 421 g/mol. The van der Waals surface area contributed by atoms with E-state index in [4.69, 9.17) is 16.0 Å². The molecule has 0 aliphatic heterocycles. The molecule has 3 rings (SSSR count). The Morgan fingerprint density at radius 2 is 2.00 bits per heavy atom. The van der Waals surface area contributed by atoms with Gasteiger partial charge in [-0.15, -0.1) is 11.3 Å². The molecule has 0 radical (unpaired) electrons. The SMILES string of the molecule is O=C(c1cc2cc(Cl)ccc2o1)c1cc(Br)c(Br)s1. The molecule has 0 aliphatic carbocycles. The lowest BCUT2D eigenvalue weighted by atomic mass is 10.2. The van der Waals surface area contributed by atoms with Crippen molar-refractivity contribution in [3.8, 4) is 0 Å². The predicted molar refractivity (Wildman–Crippen MR) is 84.4 cm³/mol. The van der Waals surface area contributed by atoms with Gasteiger partial charge in [0.2, 0.25) is 5.78 Å². The van der Waals surface area contributed by atoms with Crippen LogP contribution in [0.15, 0.2) is 43.0 Å². The Morgan fingerprint density at radius 3 is 2.68 bits per heavy atom. The fraction of sp³-hybridized carbons (Fsp3) is 0. The van der Waals surface area contributed by atoms with Gasteiger partial charge >= 0.3 is 0 Å². The van der Waals surface area contributed by atoms with Crippen LogP contribution in [0, 0.1) is 0 Å². The molecule has 6 heteroatoms. The Hall–Kier alpha value is -0.620. The number of furan rings is 1. The first kappa shape index (κ1) is 13.4. The summed E-state index contributed by atoms with van der Waals surface area (Å²) in [6.45, 7) is 0. The Kier molecular flexibility index (Phi) is 3.55. The lowest BCUT2D eigenvalue weighted by Crippen LogP contribution is -1.95. The maximum absolute atomic E-state index is 12.3. The van der Waals surface area contributed by atoms with E-state index in [1.807, 2.05) is 0 Å². The molecule has 0 fully saturated rings. The van der Waals surface area contributed by atoms with Crippen LogP contribution in [0.3, 0.4) is 0 Å². The van der Waals surface area contributed by atoms with Gasteiger partial charge in [-0.2, -0.15) is 0 Å². The summed E-state index contributed by atoms with van der Waals surface area (Å²) in [7, 11) is 0. The monoisotopic (exact) mass is 418 g/mol. The maximum atomic E-state index is 12.3. The molecule has 96 valence electrons. The van der Waals surface area contributed by atoms with Crippen LogP contribution in [0.2, 0.25) is 5.02 Å². The van der Waals surface area contributed by atoms with Gasteiger partial charge in [-0.25, -0.2) is 0 Å². The van der Waals surface area contributed by atoms with Crippen molar-refractivity contribution in [1.82, 2.24) is 0 Å². The van der Waals surface area contributed by atoms with Crippen LogP contribution < -0.4 is 0 Å². The van der Waals surface area contributed by atoms with Gasteiger partial charge < -0.3 is 4.42 Å². The number of fused-ring (bicyclic) bond motifs is 1. The van der Waals surface area contributed by atoms with Crippen LogP contribution in [0.25, 0.3) is 11.0 Å². The summed E-state index contributed by atoms with van der Waals surface area (Å²) in [6.07, 6.45) is 0. The molecular formula is C13H5Br2ClO2S. The highest BCUT2D eigenvalue weighted by Gasteiger charge is 2.18. The summed E-state index contributed by atoms with van der Waals surface area (Å²) in [5.41, 5.74) is 0.655. The molecule has 1 aromatic carbocycles. The fourth-order valence-corrected chi connectivity index (χ4v) is 3.87. The Morgan fingerprint density at radius 1 is 1.21 bits per heavy atom. The number of hydrogen-bond acceptors (Lipinski definition) is 3. The van der Waals surface area contributed by atoms with E-state index in [0.29, 0.717) is 21.2 Å². The number of hydrogen-bond donors (Lipinski definition) is 0. The average Bonchev–Trinajstić information content (AvgIpc) is 2.92. The van der Waals surface area contributed by atoms with Gasteiger partial charge in [-0.1, -0.05) is 11.6 Å². The molecule has 0 spiro atoms. The van der Waals surface area contributed by atoms with Crippen LogP contribution >= 0.6 is 54.8 Å². The van der Waals surface area contributed by atoms with Crippen LogP contribution in [0.5, 0.6) is 0 Å². The van der Waals surface area contributed by atoms with Crippen molar-refractivity contribution in [1.29, 1.82) is 0 Å². The number of rotatable bonds is 2. The third kappa shape index (κ3) is 2.52. The summed E-state index contributed by atoms with van der Waals surface area (Å²) in [5, 5.41) is 1.44. The summed E-state index contributed by atoms with van der Waals surface area (Å²) in [5.74, 6) is 0.183. The number of halogens is 3. The second-order valence-corrected chi connectivity index (χ2v) is 7.52. The minimum Gasteiger partial charge on any atom is -0.453 e. The predicted octanol–water partition coefficient (Wildman–Crippen LogP) is 5.90. The minimum atomic E-state index is -0.135. The highest BCUT2D eigenvalue weighted by molar-refractivity contribution is 9.13. The molecule has 0 saturated carbocycles. The summed E-state index contributed by atoms with van der Waals surface area (Å²) < 4.78 is 7.30. The van der Waals surface area contributed by atoms with E-state index in [2.05, 4.69) is 31.9 Å². The second-order valence-electron chi connectivity index (χ2n) is 3.85. The summed E-state index contributed by atoms with van der Waals surface area (Å²) >= 11 is 14.0. The van der Waals surface area contributed by atoms with Gasteiger partial charge in [-0.3, -0.25) is 4.79 Å². The molecule has 0 bridgehead atoms. The zero-order valence-corrected chi connectivity index (χ0v) is 14.0. The minimum absolute atomic E-state index is 0.135. The number of thiophene rings is 1. The molecule has 0 atom stereocenters. The van der Waals surface area contributed by atoms with E-state index in [9.17, 15) is 4.79 Å². The first-order valence-electron chi connectivity index (χ1n) is 5.23. The Labute approximate surface area is 134 Å². The third-order valence-electron chi connectivity index (χ3n) is 2.57. The number of ketones is 1. The van der Waals surface area contributed by atoms with Crippen LogP contribution in [-0.4, -0.2) is 5.78 Å². The van der Waals surface area contributed by atoms with Gasteiger partial charge in [-0.05, 0) is 62.2 Å². The number of benzene rings is 1. The molecule has 3 aromatic rings. The molecule has 2 nitrogen and oxygen atoms in total. The second kappa shape index (κ2) is 5.05. The molecule has 0 saturated heterocycles. The molecule has 2 heterocycles. The summed E-state index contributed by atoms with van der Waals surface area (Å²) in [4.78, 5) is 12.9. The van der Waals surface area contributed by atoms with Crippen LogP contribution in [0.4, 0.5) is 0 Å². The van der Waals surface area contributed by atoms with E-state index in [0.717, 1.165) is 13.6 Å². The summed E-state index contributed by atoms with van der Waals surface area (Å²) in [6, 6.07) is 8.76. The van der Waals surface area contributed by atoms with Crippen molar-refractivity contribution in [3.05, 3.63) is 54.3 Å². The van der Waals surface area contributed by atoms with Crippen LogP contribution in [0.1, 0.15) is 15.4 Å². The Bertz CT molecular complexity index is 772. The van der Waals surface area contributed by atoms with Crippen molar-refractivity contribution in [3.63, 3.8) is 0 Å². The number of carbonyl (C=O) groups is 1. The standard InChI is InChI=1S/C13H5Br2ClO2S/c14-8-5-11(19-13(8)15)12(17)10-4-6-3-7(16)1-2-9(6)18-10/h1-5H. The molecule has 0 N–H and O–H groups in total. The molecule has 0 unspecified atom stereocenters. The Balaban J connectivity index is 2.06. The van der Waals surface area contributed by atoms with Gasteiger partial charge in [0.15, 0.2) is 5.76 Å². The van der Waals surface area contributed by atoms with Crippen LogP contribution in [-0.2, 0) is 0 Å². The highest BCUT2D eigenvalue weighted by Crippen LogP contribution is 2.34. The lowest BCUT2D eigenvalue weighted by Gasteiger charge is -1.90. The molecule has 19 heavy (non-hydrogen) atoms. The third-order valence-corrected chi connectivity index (χ3v) is 6.06. The smallest absolute Gasteiger partial charge is 0.238 e. The first-order chi connectivity index (χ1) is 9.04. The first-order valence-corrected chi connectivity index (χ1v) is 8.01. The molecular weight excluding hydrogens is 415 g/mol. The van der Waals surface area contributed by atoms with Crippen molar-refractivity contribution >= 4 is 71.6 Å². The topological polar surface area (TPSA) is 30.2 Å². The van der Waals surface area contributed by atoms with Crippen molar-refractivity contribution in [2.75, 3.05) is 0 Å². The van der Waals surface area contributed by atoms with E-state index in [1.165, 1.54) is 11.3 Å². The zero-order chi connectivity index (χ0) is 13.6. The highest BCUT2D eigenvalue weighted by atomic mass is 79.9. The van der Waals surface area contributed by atoms with E-state index < -0.39 is 0 Å². The maximum Gasteiger partial charge on any atom is 0.238 e. The van der Waals surface area contributed by atoms with E-state index >= 15 is 0 Å². The molecule has 0 aliphatic rings. The van der Waals surface area contributed by atoms with Gasteiger partial charge in [0.05, 0.1) is 8.66 Å². The van der Waals surface area contributed by atoms with Crippen molar-refractivity contribution < 1.29 is 9.21 Å². The lowest BCUT2D eigenvalue weighted by molar-refractivity contribution is 0.101. The van der Waals surface area contributed by atoms with E-state index in [-0.39, 0.29) is 5.78 Å². The van der Waals surface area contributed by atoms with Gasteiger partial charge in [0.25, 0.3) is 0 Å². The van der Waals surface area contributed by atoms with Crippen molar-refractivity contribution in [2.24, 2.45) is 0 Å². The number of carbonyl (C=O) groups excluding carboxylic acids is 1. The normalized spacial score (nSPS) is 11.1. The van der Waals surface area contributed by atoms with Gasteiger partial charge in [0, 0.05) is 14.9 Å². The fourth-order valence-electron chi connectivity index (χ4n) is 1.71. The van der Waals surface area contributed by atoms with Gasteiger partial charge in [0.1, 0.15) is 5.58 Å². The molecule has 2 aromatic heterocycles. The zero-order valence-electron chi connectivity index (χ0n) is 9.25. The quantitative estimate of drug-likeness (QED) is 0.483. The van der Waals surface area contributed by atoms with E-state index in [1.54, 1.807) is 30.3 Å².